The summed E-state index contributed by atoms with van der Waals surface area (Å²) in [6, 6.07) is 10.0. The van der Waals surface area contributed by atoms with Gasteiger partial charge in [-0.2, -0.15) is 0 Å². The van der Waals surface area contributed by atoms with E-state index in [4.69, 9.17) is 0 Å². The van der Waals surface area contributed by atoms with Gasteiger partial charge in [0.2, 0.25) is 0 Å². The van der Waals surface area contributed by atoms with Crippen molar-refractivity contribution < 1.29 is 5.11 Å². The Morgan fingerprint density at radius 2 is 1.90 bits per heavy atom. The number of hydrogen-bond acceptors (Lipinski definition) is 3. The normalized spacial score (nSPS) is 20.8. The van der Waals surface area contributed by atoms with Gasteiger partial charge in [-0.25, -0.2) is 0 Å². The summed E-state index contributed by atoms with van der Waals surface area (Å²) in [7, 11) is 2.02. The zero-order chi connectivity index (χ0) is 14.4. The molecule has 1 aromatic carbocycles. The predicted molar refractivity (Wildman–Crippen MR) is 83.7 cm³/mol. The van der Waals surface area contributed by atoms with Gasteiger partial charge in [0, 0.05) is 6.54 Å². The van der Waals surface area contributed by atoms with Crippen LogP contribution in [-0.4, -0.2) is 43.2 Å². The largest absolute Gasteiger partial charge is 0.384 e. The van der Waals surface area contributed by atoms with Gasteiger partial charge in [0.15, 0.2) is 0 Å². The van der Waals surface area contributed by atoms with E-state index >= 15 is 0 Å². The van der Waals surface area contributed by atoms with Crippen LogP contribution in [0.3, 0.4) is 0 Å². The maximum Gasteiger partial charge on any atom is 0.0994 e. The number of nitrogens with zero attached hydrogens (tertiary/aromatic N) is 1. The summed E-state index contributed by atoms with van der Waals surface area (Å²) in [5.41, 5.74) is 0.260. The van der Waals surface area contributed by atoms with Crippen LogP contribution in [0, 0.1) is 5.92 Å². The topological polar surface area (TPSA) is 35.5 Å². The molecule has 0 amide bonds. The Morgan fingerprint density at radius 1 is 1.25 bits per heavy atom. The van der Waals surface area contributed by atoms with Gasteiger partial charge in [-0.15, -0.1) is 0 Å². The lowest BCUT2D eigenvalue weighted by Crippen LogP contribution is -2.43. The minimum Gasteiger partial charge on any atom is -0.384 e. The van der Waals surface area contributed by atoms with Gasteiger partial charge >= 0.3 is 0 Å². The minimum atomic E-state index is -0.751. The summed E-state index contributed by atoms with van der Waals surface area (Å²) >= 11 is 0. The molecule has 1 heterocycles. The quantitative estimate of drug-likeness (QED) is 0.836. The van der Waals surface area contributed by atoms with E-state index in [1.54, 1.807) is 0 Å². The Balaban J connectivity index is 1.83. The molecule has 20 heavy (non-hydrogen) atoms. The van der Waals surface area contributed by atoms with E-state index in [-0.39, 0.29) is 0 Å². The lowest BCUT2D eigenvalue weighted by Gasteiger charge is -2.37. The third kappa shape index (κ3) is 4.30. The molecule has 0 bridgehead atoms. The first-order valence-corrected chi connectivity index (χ1v) is 7.76. The molecule has 1 unspecified atom stereocenters. The van der Waals surface area contributed by atoms with Gasteiger partial charge in [0.25, 0.3) is 0 Å². The van der Waals surface area contributed by atoms with Crippen molar-refractivity contribution in [2.24, 2.45) is 5.92 Å². The highest BCUT2D eigenvalue weighted by atomic mass is 16.3. The van der Waals surface area contributed by atoms with E-state index in [0.29, 0.717) is 0 Å². The second kappa shape index (κ2) is 7.21. The van der Waals surface area contributed by atoms with Crippen LogP contribution >= 0.6 is 0 Å². The van der Waals surface area contributed by atoms with E-state index in [1.165, 1.54) is 19.3 Å². The van der Waals surface area contributed by atoms with Crippen molar-refractivity contribution >= 4 is 0 Å². The number of rotatable bonds is 6. The first kappa shape index (κ1) is 15.5. The summed E-state index contributed by atoms with van der Waals surface area (Å²) in [6.07, 6.45) is 3.79. The van der Waals surface area contributed by atoms with Crippen molar-refractivity contribution in [1.29, 1.82) is 0 Å². The number of β-amino-alcohol motifs (C(OH)–C–C–N with tert-alkyl or cyclic N) is 1. The Labute approximate surface area is 123 Å². The monoisotopic (exact) mass is 276 g/mol. The zero-order valence-electron chi connectivity index (χ0n) is 12.8. The molecule has 1 saturated heterocycles. The molecule has 0 saturated carbocycles. The molecule has 1 fully saturated rings. The number of benzene rings is 1. The highest BCUT2D eigenvalue weighted by Gasteiger charge is 2.28. The molecule has 2 N–H and O–H groups in total. The molecule has 1 atom stereocenters. The van der Waals surface area contributed by atoms with Gasteiger partial charge in [0.05, 0.1) is 5.60 Å². The van der Waals surface area contributed by atoms with Gasteiger partial charge < -0.3 is 15.3 Å². The Hall–Kier alpha value is -0.900. The van der Waals surface area contributed by atoms with Crippen LogP contribution in [-0.2, 0) is 5.60 Å². The maximum atomic E-state index is 10.7. The molecule has 2 rings (SSSR count). The van der Waals surface area contributed by atoms with Gasteiger partial charge in [-0.1, -0.05) is 30.3 Å². The van der Waals surface area contributed by atoms with Crippen molar-refractivity contribution in [3.05, 3.63) is 35.9 Å². The molecule has 3 heteroatoms. The van der Waals surface area contributed by atoms with E-state index in [9.17, 15) is 5.11 Å². The van der Waals surface area contributed by atoms with Crippen molar-refractivity contribution in [2.75, 3.05) is 33.2 Å². The molecule has 1 aliphatic rings. The van der Waals surface area contributed by atoms with E-state index < -0.39 is 5.60 Å². The summed E-state index contributed by atoms with van der Waals surface area (Å²) in [5.74, 6) is 0.848. The molecule has 0 spiro atoms. The lowest BCUT2D eigenvalue weighted by atomic mass is 9.91. The summed E-state index contributed by atoms with van der Waals surface area (Å²) in [5, 5.41) is 13.9. The van der Waals surface area contributed by atoms with Crippen LogP contribution in [0.1, 0.15) is 31.7 Å². The van der Waals surface area contributed by atoms with Crippen molar-refractivity contribution in [1.82, 2.24) is 10.2 Å². The van der Waals surface area contributed by atoms with Crippen LogP contribution < -0.4 is 5.32 Å². The molecular weight excluding hydrogens is 248 g/mol. The fourth-order valence-electron chi connectivity index (χ4n) is 3.11. The first-order valence-electron chi connectivity index (χ1n) is 7.76. The van der Waals surface area contributed by atoms with Gasteiger partial charge in [-0.3, -0.25) is 0 Å². The van der Waals surface area contributed by atoms with Crippen molar-refractivity contribution in [2.45, 2.75) is 31.8 Å². The average Bonchev–Trinajstić information content (AvgIpc) is 2.47. The molecule has 0 aromatic heterocycles. The van der Waals surface area contributed by atoms with Crippen LogP contribution in [0.5, 0.6) is 0 Å². The van der Waals surface area contributed by atoms with Crippen LogP contribution in [0.15, 0.2) is 30.3 Å². The fourth-order valence-corrected chi connectivity index (χ4v) is 3.11. The number of likely N-dealkylation sites (tertiary alicyclic amines) is 1. The number of nitrogens with one attached hydrogen (secondary N) is 1. The molecule has 3 nitrogen and oxygen atoms in total. The summed E-state index contributed by atoms with van der Waals surface area (Å²) < 4.78 is 0. The fraction of sp³-hybridized carbons (Fsp3) is 0.647. The number of piperidine rings is 1. The molecular formula is C17H28N2O. The number of hydrogen-bond donors (Lipinski definition) is 2. The molecule has 1 aliphatic heterocycles. The Bertz CT molecular complexity index is 383. The van der Waals surface area contributed by atoms with Crippen LogP contribution in [0.25, 0.3) is 0 Å². The van der Waals surface area contributed by atoms with Crippen LogP contribution in [0.2, 0.25) is 0 Å². The third-order valence-corrected chi connectivity index (χ3v) is 4.44. The first-order chi connectivity index (χ1) is 9.62. The van der Waals surface area contributed by atoms with E-state index in [2.05, 4.69) is 10.2 Å². The zero-order valence-corrected chi connectivity index (χ0v) is 12.8. The molecule has 0 radical (unpaired) electrons. The van der Waals surface area contributed by atoms with E-state index in [0.717, 1.165) is 37.7 Å². The Morgan fingerprint density at radius 3 is 2.50 bits per heavy atom. The van der Waals surface area contributed by atoms with Crippen molar-refractivity contribution in [3.63, 3.8) is 0 Å². The van der Waals surface area contributed by atoms with E-state index in [1.807, 2.05) is 44.3 Å². The summed E-state index contributed by atoms with van der Waals surface area (Å²) in [4.78, 5) is 2.41. The average molecular weight is 276 g/mol. The second-order valence-electron chi connectivity index (χ2n) is 6.25. The summed E-state index contributed by atoms with van der Waals surface area (Å²) in [6.45, 7) is 5.99. The second-order valence-corrected chi connectivity index (χ2v) is 6.25. The molecule has 112 valence electrons. The standard InChI is InChI=1S/C17H28N2O/c1-17(20,16-6-4-3-5-7-16)14-19-12-9-15(10-13-19)8-11-18-2/h3-7,15,18,20H,8-14H2,1-2H3. The lowest BCUT2D eigenvalue weighted by molar-refractivity contribution is 0.00538. The van der Waals surface area contributed by atoms with Crippen LogP contribution in [0.4, 0.5) is 0 Å². The SMILES string of the molecule is CNCCC1CCN(CC(C)(O)c2ccccc2)CC1. The minimum absolute atomic E-state index is 0.732. The third-order valence-electron chi connectivity index (χ3n) is 4.44. The highest BCUT2D eigenvalue weighted by Crippen LogP contribution is 2.25. The Kier molecular flexibility index (Phi) is 5.58. The smallest absolute Gasteiger partial charge is 0.0994 e. The highest BCUT2D eigenvalue weighted by molar-refractivity contribution is 5.21. The molecule has 1 aromatic rings. The number of aliphatic hydroxyl groups is 1. The molecule has 0 aliphatic carbocycles. The maximum absolute atomic E-state index is 10.7. The van der Waals surface area contributed by atoms with Gasteiger partial charge in [-0.05, 0) is 64.3 Å². The van der Waals surface area contributed by atoms with Gasteiger partial charge in [0.1, 0.15) is 0 Å². The predicted octanol–water partition coefficient (Wildman–Crippen LogP) is 2.22. The van der Waals surface area contributed by atoms with Crippen molar-refractivity contribution in [3.8, 4) is 0 Å².